The molecule has 0 saturated carbocycles. The fourth-order valence-corrected chi connectivity index (χ4v) is 5.62. The topological polar surface area (TPSA) is 94.1 Å². The second kappa shape index (κ2) is 11.4. The molecule has 1 aliphatic carbocycles. The quantitative estimate of drug-likeness (QED) is 0.416. The molecule has 1 unspecified atom stereocenters. The summed E-state index contributed by atoms with van der Waals surface area (Å²) in [5, 5.41) is 12.0. The molecule has 194 valence electrons. The summed E-state index contributed by atoms with van der Waals surface area (Å²) in [5.41, 5.74) is 3.36. The van der Waals surface area contributed by atoms with Gasteiger partial charge in [0.15, 0.2) is 6.61 Å². The SMILES string of the molecule is CNC(=O)CC(c1ccc(OC)cc1)(c1ccc(OC)cc1)C1CCCc2c(OCC(=O)O)cccc21. The van der Waals surface area contributed by atoms with E-state index in [-0.39, 0.29) is 18.2 Å². The van der Waals surface area contributed by atoms with Crippen molar-refractivity contribution in [1.82, 2.24) is 5.32 Å². The number of hydrogen-bond acceptors (Lipinski definition) is 5. The highest BCUT2D eigenvalue weighted by Gasteiger charge is 2.46. The maximum Gasteiger partial charge on any atom is 0.341 e. The molecule has 0 radical (unpaired) electrons. The number of aliphatic carboxylic acids is 1. The lowest BCUT2D eigenvalue weighted by atomic mass is 9.58. The highest BCUT2D eigenvalue weighted by molar-refractivity contribution is 5.79. The first kappa shape index (κ1) is 26.1. The third kappa shape index (κ3) is 5.26. The second-order valence-electron chi connectivity index (χ2n) is 9.23. The molecule has 7 nitrogen and oxygen atoms in total. The monoisotopic (exact) mass is 503 g/mol. The van der Waals surface area contributed by atoms with Gasteiger partial charge in [-0.25, -0.2) is 4.79 Å². The number of rotatable bonds is 10. The van der Waals surface area contributed by atoms with Crippen LogP contribution in [-0.4, -0.2) is 44.9 Å². The molecule has 0 aromatic heterocycles. The minimum Gasteiger partial charge on any atom is -0.497 e. The summed E-state index contributed by atoms with van der Waals surface area (Å²) in [5.74, 6) is 0.903. The molecule has 3 aromatic rings. The standard InChI is InChI=1S/C30H33NO6/c1-31-28(32)18-30(20-10-14-22(35-2)15-11-20,21-12-16-23(36-3)17-13-21)26-8-4-7-25-24(26)6-5-9-27(25)37-19-29(33)34/h5-6,9-17,26H,4,7-8,18-19H2,1-3H3,(H,31,32)(H,33,34). The number of hydrogen-bond donors (Lipinski definition) is 2. The molecule has 2 N–H and O–H groups in total. The number of ether oxygens (including phenoxy) is 3. The van der Waals surface area contributed by atoms with Gasteiger partial charge in [0.2, 0.25) is 5.91 Å². The van der Waals surface area contributed by atoms with Gasteiger partial charge >= 0.3 is 5.97 Å². The highest BCUT2D eigenvalue weighted by Crippen LogP contribution is 2.53. The summed E-state index contributed by atoms with van der Waals surface area (Å²) in [6.07, 6.45) is 2.74. The summed E-state index contributed by atoms with van der Waals surface area (Å²) in [6.45, 7) is -0.401. The number of benzene rings is 3. The molecule has 7 heteroatoms. The molecule has 0 heterocycles. The molecule has 4 rings (SSSR count). The zero-order valence-electron chi connectivity index (χ0n) is 21.5. The minimum atomic E-state index is -1.02. The predicted octanol–water partition coefficient (Wildman–Crippen LogP) is 4.71. The van der Waals surface area contributed by atoms with Gasteiger partial charge in [0, 0.05) is 18.9 Å². The van der Waals surface area contributed by atoms with E-state index in [0.29, 0.717) is 5.75 Å². The summed E-state index contributed by atoms with van der Waals surface area (Å²) < 4.78 is 16.5. The Balaban J connectivity index is 1.96. The number of fused-ring (bicyclic) bond motifs is 1. The van der Waals surface area contributed by atoms with Gasteiger partial charge in [0.25, 0.3) is 0 Å². The normalized spacial score (nSPS) is 14.8. The number of carbonyl (C=O) groups is 2. The van der Waals surface area contributed by atoms with Crippen LogP contribution in [0.25, 0.3) is 0 Å². The van der Waals surface area contributed by atoms with Gasteiger partial charge < -0.3 is 24.6 Å². The Morgan fingerprint density at radius 3 is 2.05 bits per heavy atom. The van der Waals surface area contributed by atoms with Crippen molar-refractivity contribution in [3.05, 3.63) is 89.0 Å². The van der Waals surface area contributed by atoms with Crippen molar-refractivity contribution in [3.8, 4) is 17.2 Å². The van der Waals surface area contributed by atoms with Crippen molar-refractivity contribution in [2.45, 2.75) is 37.0 Å². The van der Waals surface area contributed by atoms with Crippen molar-refractivity contribution < 1.29 is 28.9 Å². The first-order valence-electron chi connectivity index (χ1n) is 12.4. The van der Waals surface area contributed by atoms with Gasteiger partial charge in [-0.1, -0.05) is 36.4 Å². The van der Waals surface area contributed by atoms with E-state index < -0.39 is 18.0 Å². The fourth-order valence-electron chi connectivity index (χ4n) is 5.62. The Labute approximate surface area is 217 Å². The van der Waals surface area contributed by atoms with Crippen LogP contribution in [0.2, 0.25) is 0 Å². The van der Waals surface area contributed by atoms with E-state index in [1.807, 2.05) is 60.7 Å². The van der Waals surface area contributed by atoms with E-state index in [2.05, 4.69) is 11.4 Å². The van der Waals surface area contributed by atoms with Crippen LogP contribution >= 0.6 is 0 Å². The number of carbonyl (C=O) groups excluding carboxylic acids is 1. The van der Waals surface area contributed by atoms with Crippen LogP contribution in [0, 0.1) is 0 Å². The molecule has 0 fully saturated rings. The maximum absolute atomic E-state index is 13.2. The number of methoxy groups -OCH3 is 2. The lowest BCUT2D eigenvalue weighted by molar-refractivity contribution is -0.139. The van der Waals surface area contributed by atoms with Gasteiger partial charge in [-0.15, -0.1) is 0 Å². The van der Waals surface area contributed by atoms with Crippen LogP contribution < -0.4 is 19.5 Å². The molecule has 1 aliphatic rings. The number of carboxylic acid groups (broad SMARTS) is 1. The Bertz CT molecular complexity index is 1190. The Morgan fingerprint density at radius 1 is 0.946 bits per heavy atom. The van der Waals surface area contributed by atoms with Crippen LogP contribution in [0.5, 0.6) is 17.2 Å². The first-order valence-corrected chi connectivity index (χ1v) is 12.4. The maximum atomic E-state index is 13.2. The molecule has 37 heavy (non-hydrogen) atoms. The first-order chi connectivity index (χ1) is 17.9. The fraction of sp³-hybridized carbons (Fsp3) is 0.333. The van der Waals surface area contributed by atoms with E-state index in [0.717, 1.165) is 53.0 Å². The van der Waals surface area contributed by atoms with E-state index in [9.17, 15) is 14.7 Å². The van der Waals surface area contributed by atoms with E-state index in [1.165, 1.54) is 0 Å². The molecule has 1 atom stereocenters. The zero-order chi connectivity index (χ0) is 26.4. The average Bonchev–Trinajstić information content (AvgIpc) is 2.94. The Hall–Kier alpha value is -4.00. The highest BCUT2D eigenvalue weighted by atomic mass is 16.5. The third-order valence-electron chi connectivity index (χ3n) is 7.34. The molecular weight excluding hydrogens is 470 g/mol. The third-order valence-corrected chi connectivity index (χ3v) is 7.34. The summed E-state index contributed by atoms with van der Waals surface area (Å²) in [7, 11) is 4.92. The lowest BCUT2D eigenvalue weighted by Gasteiger charge is -2.45. The Kier molecular flexibility index (Phi) is 8.01. The van der Waals surface area contributed by atoms with Crippen LogP contribution in [0.1, 0.15) is 47.4 Å². The number of carboxylic acids is 1. The van der Waals surface area contributed by atoms with Crippen molar-refractivity contribution in [2.75, 3.05) is 27.9 Å². The smallest absolute Gasteiger partial charge is 0.341 e. The molecule has 0 spiro atoms. The number of amides is 1. The molecular formula is C30H33NO6. The average molecular weight is 504 g/mol. The van der Waals surface area contributed by atoms with Crippen LogP contribution in [0.15, 0.2) is 66.7 Å². The largest absolute Gasteiger partial charge is 0.497 e. The number of nitrogens with one attached hydrogen (secondary N) is 1. The van der Waals surface area contributed by atoms with E-state index in [1.54, 1.807) is 21.3 Å². The van der Waals surface area contributed by atoms with Crippen molar-refractivity contribution in [2.24, 2.45) is 0 Å². The zero-order valence-corrected chi connectivity index (χ0v) is 21.5. The summed E-state index contributed by atoms with van der Waals surface area (Å²) in [6, 6.07) is 21.6. The van der Waals surface area contributed by atoms with Crippen molar-refractivity contribution in [1.29, 1.82) is 0 Å². The van der Waals surface area contributed by atoms with Gasteiger partial charge in [0.05, 0.1) is 14.2 Å². The van der Waals surface area contributed by atoms with Crippen LogP contribution in [0.4, 0.5) is 0 Å². The van der Waals surface area contributed by atoms with Gasteiger partial charge in [-0.05, 0) is 77.8 Å². The molecule has 1 amide bonds. The lowest BCUT2D eigenvalue weighted by Crippen LogP contribution is -2.41. The van der Waals surface area contributed by atoms with E-state index in [4.69, 9.17) is 14.2 Å². The van der Waals surface area contributed by atoms with Crippen molar-refractivity contribution in [3.63, 3.8) is 0 Å². The summed E-state index contributed by atoms with van der Waals surface area (Å²) in [4.78, 5) is 24.4. The minimum absolute atomic E-state index is 0.0660. The van der Waals surface area contributed by atoms with Gasteiger partial charge in [-0.2, -0.15) is 0 Å². The summed E-state index contributed by atoms with van der Waals surface area (Å²) >= 11 is 0. The second-order valence-corrected chi connectivity index (χ2v) is 9.23. The predicted molar refractivity (Wildman–Crippen MR) is 141 cm³/mol. The van der Waals surface area contributed by atoms with E-state index >= 15 is 0 Å². The Morgan fingerprint density at radius 2 is 1.54 bits per heavy atom. The van der Waals surface area contributed by atoms with Gasteiger partial charge in [-0.3, -0.25) is 4.79 Å². The van der Waals surface area contributed by atoms with Crippen molar-refractivity contribution >= 4 is 11.9 Å². The molecule has 3 aromatic carbocycles. The molecule has 0 saturated heterocycles. The van der Waals surface area contributed by atoms with Crippen LogP contribution in [-0.2, 0) is 21.4 Å². The van der Waals surface area contributed by atoms with Gasteiger partial charge in [0.1, 0.15) is 17.2 Å². The molecule has 0 bridgehead atoms. The van der Waals surface area contributed by atoms with Crippen LogP contribution in [0.3, 0.4) is 0 Å². The molecule has 0 aliphatic heterocycles.